The van der Waals surface area contributed by atoms with Crippen molar-refractivity contribution in [2.45, 2.75) is 45.1 Å². The van der Waals surface area contributed by atoms with Gasteiger partial charge in [0.1, 0.15) is 0 Å². The van der Waals surface area contributed by atoms with Crippen molar-refractivity contribution in [1.82, 2.24) is 0 Å². The monoisotopic (exact) mass is 287 g/mol. The van der Waals surface area contributed by atoms with Crippen molar-refractivity contribution in [2.75, 3.05) is 18.0 Å². The second-order valence-corrected chi connectivity index (χ2v) is 6.23. The van der Waals surface area contributed by atoms with Crippen molar-refractivity contribution in [2.24, 2.45) is 0 Å². The van der Waals surface area contributed by atoms with E-state index in [1.807, 2.05) is 31.2 Å². The first-order chi connectivity index (χ1) is 10.2. The van der Waals surface area contributed by atoms with E-state index in [9.17, 15) is 9.59 Å². The molecule has 4 nitrogen and oxygen atoms in total. The van der Waals surface area contributed by atoms with Crippen molar-refractivity contribution in [3.63, 3.8) is 0 Å². The number of carbonyl (C=O) groups excluding carboxylic acids is 2. The van der Waals surface area contributed by atoms with Gasteiger partial charge in [-0.05, 0) is 44.7 Å². The zero-order valence-electron chi connectivity index (χ0n) is 12.6. The van der Waals surface area contributed by atoms with Gasteiger partial charge < -0.3 is 4.90 Å². The molecule has 4 heteroatoms. The molecule has 2 aliphatic heterocycles. The third kappa shape index (κ3) is 2.86. The number of hydrogen-bond acceptors (Lipinski definition) is 2. The first-order valence-electron chi connectivity index (χ1n) is 7.95. The molecule has 2 fully saturated rings. The summed E-state index contributed by atoms with van der Waals surface area (Å²) in [6.45, 7) is 4.04. The van der Waals surface area contributed by atoms with E-state index in [1.165, 1.54) is 22.6 Å². The molecule has 0 radical (unpaired) electrons. The predicted molar refractivity (Wildman–Crippen MR) is 81.2 cm³/mol. The van der Waals surface area contributed by atoms with Crippen molar-refractivity contribution in [1.29, 1.82) is 0 Å². The summed E-state index contributed by atoms with van der Waals surface area (Å²) in [6.07, 6.45) is 5.19. The Morgan fingerprint density at radius 3 is 2.24 bits per heavy atom. The van der Waals surface area contributed by atoms with Crippen LogP contribution in [-0.4, -0.2) is 30.9 Å². The third-order valence-electron chi connectivity index (χ3n) is 4.68. The summed E-state index contributed by atoms with van der Waals surface area (Å²) in [4.78, 5) is 27.7. The Kier molecular flexibility index (Phi) is 4.06. The maximum absolute atomic E-state index is 12.7. The highest BCUT2D eigenvalue weighted by atomic mass is 16.2. The van der Waals surface area contributed by atoms with Gasteiger partial charge in [0, 0.05) is 0 Å². The van der Waals surface area contributed by atoms with E-state index in [-0.39, 0.29) is 17.9 Å². The van der Waals surface area contributed by atoms with Gasteiger partial charge in [0.2, 0.25) is 5.91 Å². The van der Waals surface area contributed by atoms with Crippen LogP contribution in [-0.2, 0) is 9.59 Å². The molecule has 0 aliphatic carbocycles. The maximum atomic E-state index is 12.7. The first-order valence-corrected chi connectivity index (χ1v) is 7.95. The molecule has 1 N–H and O–H groups in total. The third-order valence-corrected chi connectivity index (χ3v) is 4.68. The molecule has 0 saturated carbocycles. The SMILES string of the molecule is Cc1ccc(N2C(=O)C[C@@H]([NH+]3CCCCCC3)C2=O)cc1. The topological polar surface area (TPSA) is 41.8 Å². The lowest BCUT2D eigenvalue weighted by molar-refractivity contribution is -0.914. The number of nitrogens with one attached hydrogen (secondary N) is 1. The van der Waals surface area contributed by atoms with Crippen LogP contribution in [0.25, 0.3) is 0 Å². The fourth-order valence-electron chi connectivity index (χ4n) is 3.45. The summed E-state index contributed by atoms with van der Waals surface area (Å²) >= 11 is 0. The van der Waals surface area contributed by atoms with Crippen LogP contribution in [0.2, 0.25) is 0 Å². The van der Waals surface area contributed by atoms with Crippen LogP contribution in [0.15, 0.2) is 24.3 Å². The first kappa shape index (κ1) is 14.3. The lowest BCUT2D eigenvalue weighted by Gasteiger charge is -2.22. The van der Waals surface area contributed by atoms with Gasteiger partial charge in [-0.3, -0.25) is 9.59 Å². The summed E-state index contributed by atoms with van der Waals surface area (Å²) in [5.74, 6) is -0.0636. The van der Waals surface area contributed by atoms with Gasteiger partial charge in [-0.1, -0.05) is 17.7 Å². The van der Waals surface area contributed by atoms with Gasteiger partial charge in [-0.2, -0.15) is 0 Å². The van der Waals surface area contributed by atoms with Crippen LogP contribution in [0.5, 0.6) is 0 Å². The fraction of sp³-hybridized carbons (Fsp3) is 0.529. The van der Waals surface area contributed by atoms with Crippen LogP contribution in [0.3, 0.4) is 0 Å². The maximum Gasteiger partial charge on any atom is 0.292 e. The Morgan fingerprint density at radius 2 is 1.62 bits per heavy atom. The van der Waals surface area contributed by atoms with E-state index < -0.39 is 0 Å². The number of amides is 2. The minimum absolute atomic E-state index is 0.0132. The Morgan fingerprint density at radius 1 is 1.00 bits per heavy atom. The number of hydrogen-bond donors (Lipinski definition) is 1. The van der Waals surface area contributed by atoms with E-state index in [0.717, 1.165) is 31.5 Å². The van der Waals surface area contributed by atoms with Gasteiger partial charge in [0.05, 0.1) is 25.2 Å². The highest BCUT2D eigenvalue weighted by Crippen LogP contribution is 2.22. The number of benzene rings is 1. The molecular formula is C17H23N2O2+. The van der Waals surface area contributed by atoms with Crippen LogP contribution in [0.1, 0.15) is 37.7 Å². The number of anilines is 1. The minimum atomic E-state index is -0.170. The molecule has 2 aliphatic rings. The lowest BCUT2D eigenvalue weighted by Crippen LogP contribution is -3.16. The standard InChI is InChI=1S/C17H22N2O2/c1-13-6-8-14(9-7-13)19-16(20)12-15(17(19)21)18-10-4-2-3-5-11-18/h6-9,15H,2-5,10-12H2,1H3/p+1/t15-/m1/s1. The van der Waals surface area contributed by atoms with Crippen molar-refractivity contribution >= 4 is 17.5 Å². The van der Waals surface area contributed by atoms with E-state index in [0.29, 0.717) is 12.1 Å². The van der Waals surface area contributed by atoms with E-state index in [4.69, 9.17) is 0 Å². The number of likely N-dealkylation sites (tertiary alicyclic amines) is 1. The molecule has 0 unspecified atom stereocenters. The fourth-order valence-corrected chi connectivity index (χ4v) is 3.45. The number of aryl methyl sites for hydroxylation is 1. The summed E-state index contributed by atoms with van der Waals surface area (Å²) in [7, 11) is 0. The van der Waals surface area contributed by atoms with Crippen molar-refractivity contribution < 1.29 is 14.5 Å². The number of nitrogens with zero attached hydrogens (tertiary/aromatic N) is 1. The highest BCUT2D eigenvalue weighted by molar-refractivity contribution is 6.21. The van der Waals surface area contributed by atoms with Gasteiger partial charge in [-0.15, -0.1) is 0 Å². The van der Waals surface area contributed by atoms with E-state index in [2.05, 4.69) is 0 Å². The molecule has 1 atom stereocenters. The molecule has 0 aromatic heterocycles. The van der Waals surface area contributed by atoms with E-state index in [1.54, 1.807) is 0 Å². The van der Waals surface area contributed by atoms with Crippen molar-refractivity contribution in [3.05, 3.63) is 29.8 Å². The second-order valence-electron chi connectivity index (χ2n) is 6.23. The van der Waals surface area contributed by atoms with E-state index >= 15 is 0 Å². The molecule has 1 aromatic rings. The zero-order chi connectivity index (χ0) is 14.8. The van der Waals surface area contributed by atoms with Gasteiger partial charge in [0.15, 0.2) is 6.04 Å². The Hall–Kier alpha value is -1.68. The Labute approximate surface area is 125 Å². The average molecular weight is 287 g/mol. The average Bonchev–Trinajstić information content (AvgIpc) is 2.69. The quantitative estimate of drug-likeness (QED) is 0.827. The highest BCUT2D eigenvalue weighted by Gasteiger charge is 2.45. The molecular weight excluding hydrogens is 264 g/mol. The zero-order valence-corrected chi connectivity index (χ0v) is 12.6. The molecule has 2 saturated heterocycles. The summed E-state index contributed by atoms with van der Waals surface area (Å²) in [6, 6.07) is 7.46. The normalized spacial score (nSPS) is 24.4. The van der Waals surface area contributed by atoms with Gasteiger partial charge in [0.25, 0.3) is 5.91 Å². The molecule has 0 bridgehead atoms. The predicted octanol–water partition coefficient (Wildman–Crippen LogP) is 1.09. The molecule has 112 valence electrons. The molecule has 1 aromatic carbocycles. The van der Waals surface area contributed by atoms with Gasteiger partial charge >= 0.3 is 0 Å². The smallest absolute Gasteiger partial charge is 0.292 e. The van der Waals surface area contributed by atoms with Crippen LogP contribution < -0.4 is 9.80 Å². The van der Waals surface area contributed by atoms with Crippen molar-refractivity contribution in [3.8, 4) is 0 Å². The molecule has 0 spiro atoms. The number of imide groups is 1. The van der Waals surface area contributed by atoms with Crippen LogP contribution in [0, 0.1) is 6.92 Å². The number of quaternary nitrogens is 1. The largest absolute Gasteiger partial charge is 0.324 e. The van der Waals surface area contributed by atoms with Crippen LogP contribution in [0.4, 0.5) is 5.69 Å². The Bertz CT molecular complexity index is 530. The molecule has 21 heavy (non-hydrogen) atoms. The van der Waals surface area contributed by atoms with Crippen LogP contribution >= 0.6 is 0 Å². The summed E-state index contributed by atoms with van der Waals surface area (Å²) < 4.78 is 0. The number of carbonyl (C=O) groups is 2. The molecule has 2 amide bonds. The summed E-state index contributed by atoms with van der Waals surface area (Å²) in [5, 5.41) is 0. The number of rotatable bonds is 2. The second kappa shape index (κ2) is 5.98. The summed E-state index contributed by atoms with van der Waals surface area (Å²) in [5.41, 5.74) is 1.85. The minimum Gasteiger partial charge on any atom is -0.324 e. The van der Waals surface area contributed by atoms with Gasteiger partial charge in [-0.25, -0.2) is 4.90 Å². The molecule has 3 rings (SSSR count). The Balaban J connectivity index is 1.79. The molecule has 2 heterocycles. The lowest BCUT2D eigenvalue weighted by atomic mass is 10.2.